The number of nitrogens with two attached hydrogens (primary N) is 1. The Morgan fingerprint density at radius 3 is 2.43 bits per heavy atom. The Kier molecular flexibility index (Phi) is 3.20. The highest BCUT2D eigenvalue weighted by molar-refractivity contribution is 5.89. The number of hydrogen-bond acceptors (Lipinski definition) is 3. The van der Waals surface area contributed by atoms with E-state index in [0.717, 1.165) is 10.8 Å². The van der Waals surface area contributed by atoms with Crippen LogP contribution in [0.25, 0.3) is 10.8 Å². The molecule has 0 bridgehead atoms. The van der Waals surface area contributed by atoms with Crippen molar-refractivity contribution in [3.8, 4) is 11.5 Å². The van der Waals surface area contributed by atoms with Crippen molar-refractivity contribution >= 4 is 22.4 Å². The number of aromatic carboxylic acids is 1. The fourth-order valence-electron chi connectivity index (χ4n) is 2.13. The van der Waals surface area contributed by atoms with E-state index < -0.39 is 5.97 Å². The second-order valence-electron chi connectivity index (χ2n) is 4.67. The van der Waals surface area contributed by atoms with E-state index in [-0.39, 0.29) is 5.56 Å². The molecule has 0 fully saturated rings. The highest BCUT2D eigenvalue weighted by Crippen LogP contribution is 2.30. The molecule has 0 aliphatic rings. The quantitative estimate of drug-likeness (QED) is 0.713. The molecule has 3 N–H and O–H groups in total. The van der Waals surface area contributed by atoms with Gasteiger partial charge in [0.2, 0.25) is 0 Å². The van der Waals surface area contributed by atoms with Gasteiger partial charge in [-0.25, -0.2) is 4.79 Å². The van der Waals surface area contributed by atoms with Crippen LogP contribution >= 0.6 is 0 Å². The minimum atomic E-state index is -1.01. The van der Waals surface area contributed by atoms with E-state index in [9.17, 15) is 4.79 Å². The van der Waals surface area contributed by atoms with Crippen LogP contribution in [0.5, 0.6) is 11.5 Å². The van der Waals surface area contributed by atoms with Gasteiger partial charge < -0.3 is 15.6 Å². The molecule has 3 rings (SSSR count). The molecular weight excluding hydrogens is 266 g/mol. The van der Waals surface area contributed by atoms with E-state index in [1.807, 2.05) is 42.5 Å². The van der Waals surface area contributed by atoms with E-state index in [2.05, 4.69) is 0 Å². The highest BCUT2D eigenvalue weighted by atomic mass is 16.5. The Hall–Kier alpha value is -3.01. The summed E-state index contributed by atoms with van der Waals surface area (Å²) in [7, 11) is 0. The fourth-order valence-corrected chi connectivity index (χ4v) is 2.13. The summed E-state index contributed by atoms with van der Waals surface area (Å²) in [6.45, 7) is 0. The average Bonchev–Trinajstić information content (AvgIpc) is 2.49. The summed E-state index contributed by atoms with van der Waals surface area (Å²) in [6.07, 6.45) is 0. The van der Waals surface area contributed by atoms with Gasteiger partial charge in [0.15, 0.2) is 0 Å². The van der Waals surface area contributed by atoms with Gasteiger partial charge in [-0.2, -0.15) is 0 Å². The van der Waals surface area contributed by atoms with Gasteiger partial charge in [-0.3, -0.25) is 0 Å². The first-order chi connectivity index (χ1) is 10.1. The standard InChI is InChI=1S/C17H13NO3/c18-15-10-13(17(19)20)6-8-16(15)21-14-7-5-11-3-1-2-4-12(11)9-14/h1-10H,18H2,(H,19,20). The lowest BCUT2D eigenvalue weighted by atomic mass is 10.1. The predicted molar refractivity (Wildman–Crippen MR) is 81.8 cm³/mol. The molecule has 0 amide bonds. The largest absolute Gasteiger partial charge is 0.478 e. The first-order valence-electron chi connectivity index (χ1n) is 6.43. The van der Waals surface area contributed by atoms with Gasteiger partial charge in [0.25, 0.3) is 0 Å². The minimum absolute atomic E-state index is 0.137. The van der Waals surface area contributed by atoms with Crippen molar-refractivity contribution in [1.29, 1.82) is 0 Å². The van der Waals surface area contributed by atoms with Crippen LogP contribution in [0.15, 0.2) is 60.7 Å². The fraction of sp³-hybridized carbons (Fsp3) is 0. The molecule has 104 valence electrons. The van der Waals surface area contributed by atoms with Crippen LogP contribution in [0.2, 0.25) is 0 Å². The molecule has 4 heteroatoms. The lowest BCUT2D eigenvalue weighted by Crippen LogP contribution is -1.99. The second-order valence-corrected chi connectivity index (χ2v) is 4.67. The number of carbonyl (C=O) groups is 1. The average molecular weight is 279 g/mol. The molecule has 21 heavy (non-hydrogen) atoms. The van der Waals surface area contributed by atoms with E-state index in [1.54, 1.807) is 6.07 Å². The summed E-state index contributed by atoms with van der Waals surface area (Å²) in [6, 6.07) is 18.1. The molecule has 0 heterocycles. The lowest BCUT2D eigenvalue weighted by molar-refractivity contribution is 0.0697. The molecule has 3 aromatic carbocycles. The smallest absolute Gasteiger partial charge is 0.335 e. The number of nitrogen functional groups attached to an aromatic ring is 1. The number of benzene rings is 3. The number of rotatable bonds is 3. The molecule has 0 atom stereocenters. The lowest BCUT2D eigenvalue weighted by Gasteiger charge is -2.10. The molecule has 0 saturated carbocycles. The zero-order chi connectivity index (χ0) is 14.8. The molecule has 0 aliphatic heterocycles. The highest BCUT2D eigenvalue weighted by Gasteiger charge is 2.08. The van der Waals surface area contributed by atoms with Crippen LogP contribution in [-0.2, 0) is 0 Å². The molecule has 0 radical (unpaired) electrons. The number of carboxylic acid groups (broad SMARTS) is 1. The van der Waals surface area contributed by atoms with Crippen LogP contribution in [0, 0.1) is 0 Å². The number of ether oxygens (including phenoxy) is 1. The Bertz CT molecular complexity index is 827. The van der Waals surface area contributed by atoms with Gasteiger partial charge >= 0.3 is 5.97 Å². The molecule has 0 aliphatic carbocycles. The van der Waals surface area contributed by atoms with Crippen molar-refractivity contribution in [2.75, 3.05) is 5.73 Å². The van der Waals surface area contributed by atoms with Gasteiger partial charge in [-0.15, -0.1) is 0 Å². The Balaban J connectivity index is 1.93. The van der Waals surface area contributed by atoms with Crippen molar-refractivity contribution in [2.24, 2.45) is 0 Å². The minimum Gasteiger partial charge on any atom is -0.478 e. The number of fused-ring (bicyclic) bond motifs is 1. The summed E-state index contributed by atoms with van der Waals surface area (Å²) in [5.74, 6) is 0.0812. The summed E-state index contributed by atoms with van der Waals surface area (Å²) >= 11 is 0. The maximum absolute atomic E-state index is 10.9. The number of hydrogen-bond donors (Lipinski definition) is 2. The summed E-state index contributed by atoms with van der Waals surface area (Å²) in [5, 5.41) is 11.1. The monoisotopic (exact) mass is 279 g/mol. The maximum atomic E-state index is 10.9. The van der Waals surface area contributed by atoms with E-state index in [1.165, 1.54) is 12.1 Å². The van der Waals surface area contributed by atoms with Crippen LogP contribution in [0.3, 0.4) is 0 Å². The third-order valence-electron chi connectivity index (χ3n) is 3.21. The predicted octanol–water partition coefficient (Wildman–Crippen LogP) is 3.91. The normalized spacial score (nSPS) is 10.5. The third-order valence-corrected chi connectivity index (χ3v) is 3.21. The molecule has 3 aromatic rings. The van der Waals surface area contributed by atoms with Gasteiger partial charge in [0, 0.05) is 0 Å². The van der Waals surface area contributed by atoms with E-state index in [4.69, 9.17) is 15.6 Å². The van der Waals surface area contributed by atoms with Crippen molar-refractivity contribution in [1.82, 2.24) is 0 Å². The van der Waals surface area contributed by atoms with Crippen molar-refractivity contribution in [2.45, 2.75) is 0 Å². The van der Waals surface area contributed by atoms with Gasteiger partial charge in [0.05, 0.1) is 11.3 Å². The number of anilines is 1. The summed E-state index contributed by atoms with van der Waals surface area (Å²) in [5.41, 5.74) is 6.26. The molecule has 0 spiro atoms. The third kappa shape index (κ3) is 2.65. The maximum Gasteiger partial charge on any atom is 0.335 e. The van der Waals surface area contributed by atoms with Crippen LogP contribution in [0.1, 0.15) is 10.4 Å². The van der Waals surface area contributed by atoms with Crippen LogP contribution < -0.4 is 10.5 Å². The molecule has 4 nitrogen and oxygen atoms in total. The molecular formula is C17H13NO3. The van der Waals surface area contributed by atoms with Crippen LogP contribution in [0.4, 0.5) is 5.69 Å². The first kappa shape index (κ1) is 13.0. The number of carboxylic acids is 1. The second kappa shape index (κ2) is 5.17. The Morgan fingerprint density at radius 1 is 0.952 bits per heavy atom. The van der Waals surface area contributed by atoms with Crippen molar-refractivity contribution < 1.29 is 14.6 Å². The molecule has 0 saturated heterocycles. The topological polar surface area (TPSA) is 72.6 Å². The first-order valence-corrected chi connectivity index (χ1v) is 6.43. The zero-order valence-electron chi connectivity index (χ0n) is 11.1. The van der Waals surface area contributed by atoms with Crippen molar-refractivity contribution in [3.63, 3.8) is 0 Å². The van der Waals surface area contributed by atoms with Crippen molar-refractivity contribution in [3.05, 3.63) is 66.2 Å². The van der Waals surface area contributed by atoms with E-state index in [0.29, 0.717) is 17.2 Å². The zero-order valence-corrected chi connectivity index (χ0v) is 11.1. The van der Waals surface area contributed by atoms with Gasteiger partial charge in [-0.1, -0.05) is 30.3 Å². The van der Waals surface area contributed by atoms with Gasteiger partial charge in [-0.05, 0) is 41.1 Å². The van der Waals surface area contributed by atoms with E-state index >= 15 is 0 Å². The molecule has 0 unspecified atom stereocenters. The summed E-state index contributed by atoms with van der Waals surface area (Å²) in [4.78, 5) is 10.9. The SMILES string of the molecule is Nc1cc(C(=O)O)ccc1Oc1ccc2ccccc2c1. The van der Waals surface area contributed by atoms with Crippen LogP contribution in [-0.4, -0.2) is 11.1 Å². The van der Waals surface area contributed by atoms with Gasteiger partial charge in [0.1, 0.15) is 11.5 Å². The summed E-state index contributed by atoms with van der Waals surface area (Å²) < 4.78 is 5.73. The Morgan fingerprint density at radius 2 is 1.71 bits per heavy atom. The molecule has 0 aromatic heterocycles. The Labute approximate surface area is 121 Å².